The van der Waals surface area contributed by atoms with Crippen LogP contribution < -0.4 is 4.74 Å². The Morgan fingerprint density at radius 2 is 1.68 bits per heavy atom. The summed E-state index contributed by atoms with van der Waals surface area (Å²) >= 11 is 0. The van der Waals surface area contributed by atoms with Gasteiger partial charge in [0.1, 0.15) is 29.7 Å². The minimum absolute atomic E-state index is 0.415. The SMILES string of the molecule is Cc1cc(-c2ncc(CCc3nccn4c(-c5cc(F)cc(F)c5)cnc34)cc2OCCN(C)C)ccn1. The number of imidazole rings is 1. The van der Waals surface area contributed by atoms with Crippen LogP contribution in [0.25, 0.3) is 28.2 Å². The Morgan fingerprint density at radius 1 is 0.868 bits per heavy atom. The first-order chi connectivity index (χ1) is 18.4. The highest BCUT2D eigenvalue weighted by Gasteiger charge is 2.14. The molecule has 0 N–H and O–H groups in total. The first-order valence-corrected chi connectivity index (χ1v) is 12.3. The molecule has 0 saturated heterocycles. The number of pyridine rings is 2. The Morgan fingerprint density at radius 3 is 2.45 bits per heavy atom. The molecule has 0 fully saturated rings. The number of ether oxygens (including phenoxy) is 1. The lowest BCUT2D eigenvalue weighted by molar-refractivity contribution is 0.261. The van der Waals surface area contributed by atoms with E-state index >= 15 is 0 Å². The van der Waals surface area contributed by atoms with Crippen molar-refractivity contribution < 1.29 is 13.5 Å². The van der Waals surface area contributed by atoms with Gasteiger partial charge in [-0.25, -0.2) is 13.8 Å². The molecule has 0 amide bonds. The molecule has 0 aliphatic carbocycles. The molecule has 1 aromatic carbocycles. The number of benzene rings is 1. The van der Waals surface area contributed by atoms with E-state index in [2.05, 4.69) is 19.9 Å². The molecule has 5 rings (SSSR count). The van der Waals surface area contributed by atoms with Crippen molar-refractivity contribution in [1.82, 2.24) is 29.2 Å². The zero-order chi connectivity index (χ0) is 26.6. The van der Waals surface area contributed by atoms with Gasteiger partial charge >= 0.3 is 0 Å². The molecule has 0 atom stereocenters. The summed E-state index contributed by atoms with van der Waals surface area (Å²) in [7, 11) is 4.01. The maximum Gasteiger partial charge on any atom is 0.159 e. The Labute approximate surface area is 219 Å². The molecule has 194 valence electrons. The van der Waals surface area contributed by atoms with Gasteiger partial charge in [0.25, 0.3) is 0 Å². The summed E-state index contributed by atoms with van der Waals surface area (Å²) in [6, 6.07) is 9.39. The molecule has 0 aliphatic rings. The van der Waals surface area contributed by atoms with Gasteiger partial charge in [0.15, 0.2) is 5.65 Å². The number of rotatable bonds is 9. The van der Waals surface area contributed by atoms with E-state index in [0.717, 1.165) is 46.6 Å². The summed E-state index contributed by atoms with van der Waals surface area (Å²) in [5.41, 5.74) is 6.07. The van der Waals surface area contributed by atoms with Crippen LogP contribution in [0.15, 0.2) is 67.4 Å². The van der Waals surface area contributed by atoms with Crippen molar-refractivity contribution in [2.45, 2.75) is 19.8 Å². The van der Waals surface area contributed by atoms with Gasteiger partial charge in [-0.1, -0.05) is 0 Å². The predicted octanol–water partition coefficient (Wildman–Crippen LogP) is 5.17. The highest BCUT2D eigenvalue weighted by molar-refractivity contribution is 5.67. The van der Waals surface area contributed by atoms with Crippen LogP contribution in [-0.2, 0) is 12.8 Å². The second-order valence-electron chi connectivity index (χ2n) is 9.40. The van der Waals surface area contributed by atoms with Gasteiger partial charge in [-0.15, -0.1) is 0 Å². The summed E-state index contributed by atoms with van der Waals surface area (Å²) in [6.07, 6.45) is 9.92. The van der Waals surface area contributed by atoms with E-state index in [0.29, 0.717) is 36.4 Å². The van der Waals surface area contributed by atoms with Crippen LogP contribution in [-0.4, -0.2) is 56.5 Å². The third kappa shape index (κ3) is 5.68. The molecule has 0 spiro atoms. The zero-order valence-electron chi connectivity index (χ0n) is 21.5. The molecule has 5 aromatic rings. The van der Waals surface area contributed by atoms with Crippen LogP contribution in [0.4, 0.5) is 8.78 Å². The highest BCUT2D eigenvalue weighted by Crippen LogP contribution is 2.30. The fourth-order valence-corrected chi connectivity index (χ4v) is 4.31. The Hall–Kier alpha value is -4.24. The number of halogens is 2. The summed E-state index contributed by atoms with van der Waals surface area (Å²) in [5, 5.41) is 0. The van der Waals surface area contributed by atoms with Crippen LogP contribution in [0, 0.1) is 18.6 Å². The van der Waals surface area contributed by atoms with E-state index in [1.807, 2.05) is 45.4 Å². The van der Waals surface area contributed by atoms with Crippen LogP contribution in [0.2, 0.25) is 0 Å². The average Bonchev–Trinajstić information content (AvgIpc) is 3.32. The van der Waals surface area contributed by atoms with E-state index in [9.17, 15) is 8.78 Å². The summed E-state index contributed by atoms with van der Waals surface area (Å²) in [5.74, 6) is -0.547. The molecule has 38 heavy (non-hydrogen) atoms. The number of aromatic nitrogens is 5. The van der Waals surface area contributed by atoms with Crippen molar-refractivity contribution in [2.24, 2.45) is 0 Å². The van der Waals surface area contributed by atoms with Crippen LogP contribution in [0.3, 0.4) is 0 Å². The number of hydrogen-bond donors (Lipinski definition) is 0. The quantitative estimate of drug-likeness (QED) is 0.271. The maximum atomic E-state index is 13.8. The predicted molar refractivity (Wildman–Crippen MR) is 142 cm³/mol. The van der Waals surface area contributed by atoms with Crippen molar-refractivity contribution in [3.05, 3.63) is 96.0 Å². The van der Waals surface area contributed by atoms with Gasteiger partial charge in [0.05, 0.1) is 17.6 Å². The molecule has 0 unspecified atom stereocenters. The third-order valence-electron chi connectivity index (χ3n) is 6.19. The monoisotopic (exact) mass is 514 g/mol. The topological polar surface area (TPSA) is 68.4 Å². The molecule has 4 heterocycles. The van der Waals surface area contributed by atoms with Crippen LogP contribution >= 0.6 is 0 Å². The van der Waals surface area contributed by atoms with Gasteiger partial charge < -0.3 is 9.64 Å². The van der Waals surface area contributed by atoms with Crippen molar-refractivity contribution in [1.29, 1.82) is 0 Å². The average molecular weight is 515 g/mol. The molecule has 4 aromatic heterocycles. The fraction of sp³-hybridized carbons (Fsp3) is 0.241. The number of aryl methyl sites for hydroxylation is 3. The van der Waals surface area contributed by atoms with Crippen molar-refractivity contribution in [2.75, 3.05) is 27.2 Å². The number of hydrogen-bond acceptors (Lipinski definition) is 6. The van der Waals surface area contributed by atoms with Gasteiger partial charge in [0, 0.05) is 54.2 Å². The largest absolute Gasteiger partial charge is 0.490 e. The third-order valence-corrected chi connectivity index (χ3v) is 6.19. The number of fused-ring (bicyclic) bond motifs is 1. The number of nitrogens with zero attached hydrogens (tertiary/aromatic N) is 6. The molecule has 0 bridgehead atoms. The lowest BCUT2D eigenvalue weighted by atomic mass is 10.1. The molecule has 0 aliphatic heterocycles. The van der Waals surface area contributed by atoms with E-state index in [-0.39, 0.29) is 0 Å². The number of likely N-dealkylation sites (N-methyl/N-ethyl adjacent to an activating group) is 1. The molecular formula is C29H28F2N6O. The smallest absolute Gasteiger partial charge is 0.159 e. The van der Waals surface area contributed by atoms with E-state index in [1.54, 1.807) is 29.2 Å². The van der Waals surface area contributed by atoms with Crippen molar-refractivity contribution in [3.8, 4) is 28.3 Å². The standard InChI is InChI=1S/C29H28F2N6O/c1-19-12-21(6-7-32-19)28-27(38-11-10-36(2)3)13-20(17-34-28)4-5-25-29-35-18-26(37(29)9-8-33-25)22-14-23(30)16-24(31)15-22/h6-9,12-18H,4-5,10-11H2,1-3H3. The Kier molecular flexibility index (Phi) is 7.37. The van der Waals surface area contributed by atoms with Gasteiger partial charge in [-0.3, -0.25) is 19.4 Å². The lowest BCUT2D eigenvalue weighted by Gasteiger charge is -2.15. The highest BCUT2D eigenvalue weighted by atomic mass is 19.1. The fourth-order valence-electron chi connectivity index (χ4n) is 4.31. The maximum absolute atomic E-state index is 13.8. The molecule has 9 heteroatoms. The second-order valence-corrected chi connectivity index (χ2v) is 9.40. The zero-order valence-corrected chi connectivity index (χ0v) is 21.5. The van der Waals surface area contributed by atoms with E-state index in [1.165, 1.54) is 12.1 Å². The normalized spacial score (nSPS) is 11.4. The van der Waals surface area contributed by atoms with Crippen LogP contribution in [0.1, 0.15) is 17.0 Å². The summed E-state index contributed by atoms with van der Waals surface area (Å²) in [4.78, 5) is 20.1. The van der Waals surface area contributed by atoms with Crippen molar-refractivity contribution in [3.63, 3.8) is 0 Å². The minimum atomic E-state index is -0.634. The van der Waals surface area contributed by atoms with E-state index < -0.39 is 11.6 Å². The van der Waals surface area contributed by atoms with E-state index in [4.69, 9.17) is 9.72 Å². The van der Waals surface area contributed by atoms with Crippen LogP contribution in [0.5, 0.6) is 5.75 Å². The molecule has 7 nitrogen and oxygen atoms in total. The molecular weight excluding hydrogens is 486 g/mol. The first kappa shape index (κ1) is 25.4. The second kappa shape index (κ2) is 11.0. The molecule has 0 saturated carbocycles. The first-order valence-electron chi connectivity index (χ1n) is 12.3. The Balaban J connectivity index is 1.41. The minimum Gasteiger partial charge on any atom is -0.490 e. The lowest BCUT2D eigenvalue weighted by Crippen LogP contribution is -2.19. The van der Waals surface area contributed by atoms with Gasteiger partial charge in [-0.05, 0) is 69.8 Å². The molecule has 0 radical (unpaired) electrons. The van der Waals surface area contributed by atoms with Gasteiger partial charge in [-0.2, -0.15) is 0 Å². The Bertz CT molecular complexity index is 1560. The summed E-state index contributed by atoms with van der Waals surface area (Å²) < 4.78 is 35.6. The van der Waals surface area contributed by atoms with Gasteiger partial charge in [0.2, 0.25) is 0 Å². The van der Waals surface area contributed by atoms with Crippen molar-refractivity contribution >= 4 is 5.65 Å². The summed E-state index contributed by atoms with van der Waals surface area (Å²) in [6.45, 7) is 3.26.